The van der Waals surface area contributed by atoms with Crippen molar-refractivity contribution < 1.29 is 9.59 Å². The molecule has 0 bridgehead atoms. The van der Waals surface area contributed by atoms with E-state index in [2.05, 4.69) is 5.32 Å². The number of rotatable bonds is 5. The van der Waals surface area contributed by atoms with Gasteiger partial charge in [0, 0.05) is 13.0 Å². The molecule has 0 unspecified atom stereocenters. The number of hydrogen-bond donors (Lipinski definition) is 1. The van der Waals surface area contributed by atoms with Crippen molar-refractivity contribution in [3.05, 3.63) is 68.5 Å². The lowest BCUT2D eigenvalue weighted by molar-refractivity contribution is -0.122. The van der Waals surface area contributed by atoms with Crippen molar-refractivity contribution in [2.45, 2.75) is 13.3 Å². The molecule has 2 aromatic carbocycles. The lowest BCUT2D eigenvalue weighted by Crippen LogP contribution is -2.31. The predicted octanol–water partition coefficient (Wildman–Crippen LogP) is 5.53. The van der Waals surface area contributed by atoms with Gasteiger partial charge in [-0.25, -0.2) is 0 Å². The van der Waals surface area contributed by atoms with Gasteiger partial charge in [-0.05, 0) is 30.7 Å². The van der Waals surface area contributed by atoms with Gasteiger partial charge in [0.25, 0.3) is 5.91 Å². The number of nitrogens with zero attached hydrogens (tertiary/aromatic N) is 1. The molecule has 1 aliphatic rings. The van der Waals surface area contributed by atoms with Gasteiger partial charge < -0.3 is 5.32 Å². The Bertz CT molecular complexity index is 975. The number of halogens is 2. The molecule has 28 heavy (non-hydrogen) atoms. The molecule has 0 aromatic heterocycles. The van der Waals surface area contributed by atoms with Crippen molar-refractivity contribution in [1.29, 1.82) is 0 Å². The number of hydrogen-bond acceptors (Lipinski definition) is 4. The number of carbonyl (C=O) groups is 2. The van der Waals surface area contributed by atoms with Gasteiger partial charge in [-0.3, -0.25) is 14.5 Å². The van der Waals surface area contributed by atoms with E-state index in [0.717, 1.165) is 11.1 Å². The molecule has 1 aliphatic heterocycles. The third-order valence-electron chi connectivity index (χ3n) is 4.04. The standard InChI is InChI=1S/C20H16Cl2N2O2S2/c1-12-5-7-13(8-6-12)11-16-19(26)24(20(27)28-16)10-9-17(25)23-15-4-2-3-14(21)18(15)22/h2-8,11H,9-10H2,1H3,(H,23,25)/b16-11-. The molecule has 0 radical (unpaired) electrons. The van der Waals surface area contributed by atoms with E-state index in [1.165, 1.54) is 16.7 Å². The normalized spacial score (nSPS) is 15.4. The minimum Gasteiger partial charge on any atom is -0.325 e. The summed E-state index contributed by atoms with van der Waals surface area (Å²) < 4.78 is 0.442. The molecule has 144 valence electrons. The molecule has 0 atom stereocenters. The SMILES string of the molecule is Cc1ccc(/C=C2\SC(=S)N(CCC(=O)Nc3cccc(Cl)c3Cl)C2=O)cc1. The summed E-state index contributed by atoms with van der Waals surface area (Å²) in [5.74, 6) is -0.468. The average molecular weight is 451 g/mol. The van der Waals surface area contributed by atoms with Crippen LogP contribution in [0, 0.1) is 6.92 Å². The quantitative estimate of drug-likeness (QED) is 0.480. The van der Waals surface area contributed by atoms with Crippen molar-refractivity contribution in [3.63, 3.8) is 0 Å². The molecule has 3 rings (SSSR count). The van der Waals surface area contributed by atoms with Crippen LogP contribution in [0.3, 0.4) is 0 Å². The number of nitrogens with one attached hydrogen (secondary N) is 1. The summed E-state index contributed by atoms with van der Waals surface area (Å²) >= 11 is 18.6. The highest BCUT2D eigenvalue weighted by Crippen LogP contribution is 2.33. The first-order chi connectivity index (χ1) is 13.3. The number of thioether (sulfide) groups is 1. The zero-order valence-electron chi connectivity index (χ0n) is 14.9. The molecular formula is C20H16Cl2N2O2S2. The fourth-order valence-corrected chi connectivity index (χ4v) is 4.19. The molecule has 1 fully saturated rings. The summed E-state index contributed by atoms with van der Waals surface area (Å²) in [5, 5.41) is 3.34. The van der Waals surface area contributed by atoms with E-state index >= 15 is 0 Å². The van der Waals surface area contributed by atoms with Crippen LogP contribution in [0.2, 0.25) is 10.0 Å². The Morgan fingerprint density at radius 3 is 2.64 bits per heavy atom. The monoisotopic (exact) mass is 450 g/mol. The summed E-state index contributed by atoms with van der Waals surface area (Å²) in [5.41, 5.74) is 2.51. The van der Waals surface area contributed by atoms with E-state index in [0.29, 0.717) is 19.9 Å². The molecule has 1 heterocycles. The van der Waals surface area contributed by atoms with Crippen LogP contribution < -0.4 is 5.32 Å². The summed E-state index contributed by atoms with van der Waals surface area (Å²) in [6.07, 6.45) is 1.90. The molecule has 4 nitrogen and oxygen atoms in total. The molecule has 2 amide bonds. The van der Waals surface area contributed by atoms with E-state index in [1.807, 2.05) is 37.3 Å². The maximum Gasteiger partial charge on any atom is 0.266 e. The minimum atomic E-state index is -0.277. The molecule has 0 saturated carbocycles. The Kier molecular flexibility index (Phi) is 6.78. The number of amides is 2. The Morgan fingerprint density at radius 2 is 1.93 bits per heavy atom. The number of thiocarbonyl (C=S) groups is 1. The van der Waals surface area contributed by atoms with Gasteiger partial charge in [0.15, 0.2) is 0 Å². The van der Waals surface area contributed by atoms with Crippen LogP contribution in [0.5, 0.6) is 0 Å². The summed E-state index contributed by atoms with van der Waals surface area (Å²) in [6, 6.07) is 12.9. The number of benzene rings is 2. The van der Waals surface area contributed by atoms with Gasteiger partial charge in [-0.1, -0.05) is 83.1 Å². The molecule has 0 spiro atoms. The van der Waals surface area contributed by atoms with Crippen molar-refractivity contribution >= 4 is 75.1 Å². The molecular weight excluding hydrogens is 435 g/mol. The Balaban J connectivity index is 1.62. The highest BCUT2D eigenvalue weighted by molar-refractivity contribution is 8.26. The van der Waals surface area contributed by atoms with Crippen LogP contribution in [-0.4, -0.2) is 27.6 Å². The van der Waals surface area contributed by atoms with E-state index in [4.69, 9.17) is 35.4 Å². The fourth-order valence-electron chi connectivity index (χ4n) is 2.53. The molecule has 1 saturated heterocycles. The Morgan fingerprint density at radius 1 is 1.21 bits per heavy atom. The van der Waals surface area contributed by atoms with Crippen LogP contribution in [0.4, 0.5) is 5.69 Å². The van der Waals surface area contributed by atoms with Gasteiger partial charge in [-0.2, -0.15) is 0 Å². The van der Waals surface area contributed by atoms with Crippen LogP contribution in [-0.2, 0) is 9.59 Å². The minimum absolute atomic E-state index is 0.0904. The molecule has 2 aromatic rings. The Labute approximate surface area is 182 Å². The molecule has 8 heteroatoms. The average Bonchev–Trinajstić information content (AvgIpc) is 2.92. The largest absolute Gasteiger partial charge is 0.325 e. The predicted molar refractivity (Wildman–Crippen MR) is 121 cm³/mol. The third kappa shape index (κ3) is 4.94. The first-order valence-corrected chi connectivity index (χ1v) is 10.4. The van der Waals surface area contributed by atoms with Crippen LogP contribution in [0.15, 0.2) is 47.4 Å². The first-order valence-electron chi connectivity index (χ1n) is 8.41. The van der Waals surface area contributed by atoms with Gasteiger partial charge in [0.1, 0.15) is 4.32 Å². The molecule has 1 N–H and O–H groups in total. The summed E-state index contributed by atoms with van der Waals surface area (Å²) in [4.78, 5) is 26.9. The zero-order chi connectivity index (χ0) is 20.3. The fraction of sp³-hybridized carbons (Fsp3) is 0.150. The van der Waals surface area contributed by atoms with Gasteiger partial charge in [0.05, 0.1) is 20.6 Å². The lowest BCUT2D eigenvalue weighted by atomic mass is 10.1. The van der Waals surface area contributed by atoms with Crippen molar-refractivity contribution in [1.82, 2.24) is 4.90 Å². The summed E-state index contributed by atoms with van der Waals surface area (Å²) in [6.45, 7) is 2.20. The van der Waals surface area contributed by atoms with Gasteiger partial charge in [-0.15, -0.1) is 0 Å². The highest BCUT2D eigenvalue weighted by atomic mass is 35.5. The second kappa shape index (κ2) is 9.09. The van der Waals surface area contributed by atoms with Crippen LogP contribution in [0.25, 0.3) is 6.08 Å². The number of carbonyl (C=O) groups excluding carboxylic acids is 2. The van der Waals surface area contributed by atoms with Crippen LogP contribution >= 0.6 is 47.2 Å². The van der Waals surface area contributed by atoms with E-state index < -0.39 is 0 Å². The first kappa shape index (κ1) is 20.9. The van der Waals surface area contributed by atoms with Crippen LogP contribution in [0.1, 0.15) is 17.5 Å². The second-order valence-corrected chi connectivity index (χ2v) is 8.60. The second-order valence-electron chi connectivity index (χ2n) is 6.14. The number of anilines is 1. The van der Waals surface area contributed by atoms with E-state index in [-0.39, 0.29) is 29.8 Å². The van der Waals surface area contributed by atoms with Gasteiger partial charge >= 0.3 is 0 Å². The van der Waals surface area contributed by atoms with Crippen molar-refractivity contribution in [2.75, 3.05) is 11.9 Å². The van der Waals surface area contributed by atoms with Crippen molar-refractivity contribution in [3.8, 4) is 0 Å². The number of aryl methyl sites for hydroxylation is 1. The maximum absolute atomic E-state index is 12.6. The summed E-state index contributed by atoms with van der Waals surface area (Å²) in [7, 11) is 0. The lowest BCUT2D eigenvalue weighted by Gasteiger charge is -2.14. The maximum atomic E-state index is 12.6. The third-order valence-corrected chi connectivity index (χ3v) is 6.23. The van der Waals surface area contributed by atoms with E-state index in [9.17, 15) is 9.59 Å². The topological polar surface area (TPSA) is 49.4 Å². The molecule has 0 aliphatic carbocycles. The Hall–Kier alpha value is -1.86. The van der Waals surface area contributed by atoms with Crippen molar-refractivity contribution in [2.24, 2.45) is 0 Å². The smallest absolute Gasteiger partial charge is 0.266 e. The highest BCUT2D eigenvalue weighted by Gasteiger charge is 2.32. The van der Waals surface area contributed by atoms with Gasteiger partial charge in [0.2, 0.25) is 5.91 Å². The zero-order valence-corrected chi connectivity index (χ0v) is 18.0. The van der Waals surface area contributed by atoms with E-state index in [1.54, 1.807) is 18.2 Å².